The van der Waals surface area contributed by atoms with E-state index in [1.54, 1.807) is 36.4 Å². The van der Waals surface area contributed by atoms with E-state index in [2.05, 4.69) is 5.32 Å². The van der Waals surface area contributed by atoms with Gasteiger partial charge in [0.25, 0.3) is 5.91 Å². The van der Waals surface area contributed by atoms with Gasteiger partial charge >= 0.3 is 0 Å². The fraction of sp³-hybridized carbons (Fsp3) is 0.176. The van der Waals surface area contributed by atoms with Crippen LogP contribution in [0.5, 0.6) is 0 Å². The number of primary amides is 1. The van der Waals surface area contributed by atoms with E-state index in [-0.39, 0.29) is 11.7 Å². The summed E-state index contributed by atoms with van der Waals surface area (Å²) in [4.78, 5) is 24.0. The van der Waals surface area contributed by atoms with E-state index in [0.29, 0.717) is 33.5 Å². The topological polar surface area (TPSA) is 72.2 Å². The van der Waals surface area contributed by atoms with Gasteiger partial charge in [-0.1, -0.05) is 41.4 Å². The molecule has 0 atom stereocenters. The second-order valence-corrected chi connectivity index (χ2v) is 6.79. The van der Waals surface area contributed by atoms with Gasteiger partial charge in [-0.25, -0.2) is 0 Å². The first kappa shape index (κ1) is 18.6. The first-order valence-electron chi connectivity index (χ1n) is 7.20. The van der Waals surface area contributed by atoms with Gasteiger partial charge in [-0.3, -0.25) is 9.59 Å². The lowest BCUT2D eigenvalue weighted by Gasteiger charge is -2.10. The Morgan fingerprint density at radius 3 is 2.38 bits per heavy atom. The number of thioether (sulfide) groups is 1. The quantitative estimate of drug-likeness (QED) is 0.719. The van der Waals surface area contributed by atoms with Crippen LogP contribution in [0.2, 0.25) is 10.0 Å². The number of carbonyl (C=O) groups is 2. The van der Waals surface area contributed by atoms with E-state index in [9.17, 15) is 9.59 Å². The highest BCUT2D eigenvalue weighted by Crippen LogP contribution is 2.25. The molecule has 0 aliphatic heterocycles. The van der Waals surface area contributed by atoms with Gasteiger partial charge in [0.1, 0.15) is 0 Å². The number of nitrogens with two attached hydrogens (primary N) is 1. The minimum atomic E-state index is -0.427. The van der Waals surface area contributed by atoms with Gasteiger partial charge in [0.15, 0.2) is 0 Å². The number of hydrogen-bond donors (Lipinski definition) is 2. The predicted molar refractivity (Wildman–Crippen MR) is 98.9 cm³/mol. The smallest absolute Gasteiger partial charge is 0.252 e. The van der Waals surface area contributed by atoms with Crippen LogP contribution >= 0.6 is 35.0 Å². The Morgan fingerprint density at radius 2 is 1.71 bits per heavy atom. The zero-order chi connectivity index (χ0) is 17.5. The highest BCUT2D eigenvalue weighted by molar-refractivity contribution is 8.00. The largest absolute Gasteiger partial charge is 0.369 e. The Balaban J connectivity index is 1.99. The molecule has 2 amide bonds. The molecular formula is C17H16Cl2N2O2S. The molecule has 4 nitrogen and oxygen atoms in total. The molecular weight excluding hydrogens is 367 g/mol. The maximum absolute atomic E-state index is 12.4. The number of carbonyl (C=O) groups excluding carboxylic acids is 2. The molecule has 24 heavy (non-hydrogen) atoms. The van der Waals surface area contributed by atoms with Gasteiger partial charge in [0.05, 0.1) is 11.3 Å². The van der Waals surface area contributed by atoms with Crippen LogP contribution in [-0.2, 0) is 11.2 Å². The molecule has 7 heteroatoms. The Bertz CT molecular complexity index is 733. The van der Waals surface area contributed by atoms with Crippen molar-refractivity contribution in [2.24, 2.45) is 5.73 Å². The van der Waals surface area contributed by atoms with Crippen molar-refractivity contribution in [3.05, 3.63) is 63.6 Å². The van der Waals surface area contributed by atoms with Crippen molar-refractivity contribution in [1.82, 2.24) is 5.32 Å². The normalized spacial score (nSPS) is 10.4. The van der Waals surface area contributed by atoms with E-state index in [1.807, 2.05) is 6.07 Å². The molecule has 126 valence electrons. The summed E-state index contributed by atoms with van der Waals surface area (Å²) in [6.45, 7) is 0.400. The van der Waals surface area contributed by atoms with Crippen LogP contribution in [-0.4, -0.2) is 24.1 Å². The highest BCUT2D eigenvalue weighted by Gasteiger charge is 2.12. The SMILES string of the molecule is NC(=O)CSc1ccccc1C(=O)NCCc1c(Cl)cccc1Cl. The molecule has 2 aromatic rings. The first-order chi connectivity index (χ1) is 11.5. The van der Waals surface area contributed by atoms with E-state index < -0.39 is 5.91 Å². The van der Waals surface area contributed by atoms with Crippen molar-refractivity contribution >= 4 is 46.8 Å². The molecule has 0 fully saturated rings. The van der Waals surface area contributed by atoms with Gasteiger partial charge in [0, 0.05) is 21.5 Å². The Labute approximate surface area is 154 Å². The number of halogens is 2. The number of rotatable bonds is 7. The van der Waals surface area contributed by atoms with Crippen molar-refractivity contribution < 1.29 is 9.59 Å². The van der Waals surface area contributed by atoms with Gasteiger partial charge < -0.3 is 11.1 Å². The molecule has 0 saturated heterocycles. The van der Waals surface area contributed by atoms with Gasteiger partial charge in [-0.15, -0.1) is 11.8 Å². The van der Waals surface area contributed by atoms with Crippen molar-refractivity contribution in [3.8, 4) is 0 Å². The molecule has 0 aliphatic carbocycles. The lowest BCUT2D eigenvalue weighted by Crippen LogP contribution is -2.26. The monoisotopic (exact) mass is 382 g/mol. The molecule has 0 radical (unpaired) electrons. The lowest BCUT2D eigenvalue weighted by atomic mass is 10.1. The summed E-state index contributed by atoms with van der Waals surface area (Å²) in [5.41, 5.74) is 6.47. The van der Waals surface area contributed by atoms with Crippen molar-refractivity contribution in [1.29, 1.82) is 0 Å². The van der Waals surface area contributed by atoms with Crippen LogP contribution < -0.4 is 11.1 Å². The molecule has 0 bridgehead atoms. The molecule has 0 saturated carbocycles. The van der Waals surface area contributed by atoms with E-state index in [4.69, 9.17) is 28.9 Å². The second kappa shape index (κ2) is 8.97. The Morgan fingerprint density at radius 1 is 1.04 bits per heavy atom. The molecule has 0 heterocycles. The standard InChI is InChI=1S/C17H16Cl2N2O2S/c18-13-5-3-6-14(19)11(13)8-9-21-17(23)12-4-1-2-7-15(12)24-10-16(20)22/h1-7H,8-10H2,(H2,20,22)(H,21,23). The summed E-state index contributed by atoms with van der Waals surface area (Å²) in [5, 5.41) is 4.00. The summed E-state index contributed by atoms with van der Waals surface area (Å²) < 4.78 is 0. The molecule has 3 N–H and O–H groups in total. The highest BCUT2D eigenvalue weighted by atomic mass is 35.5. The molecule has 2 rings (SSSR count). The van der Waals surface area contributed by atoms with Crippen molar-refractivity contribution in [2.75, 3.05) is 12.3 Å². The van der Waals surface area contributed by atoms with E-state index in [1.165, 1.54) is 11.8 Å². The molecule has 0 aromatic heterocycles. The van der Waals surface area contributed by atoms with Crippen molar-refractivity contribution in [2.45, 2.75) is 11.3 Å². The summed E-state index contributed by atoms with van der Waals surface area (Å²) >= 11 is 13.5. The number of nitrogens with one attached hydrogen (secondary N) is 1. The number of amides is 2. The average Bonchev–Trinajstić information content (AvgIpc) is 2.55. The van der Waals surface area contributed by atoms with Crippen LogP contribution in [0, 0.1) is 0 Å². The molecule has 0 aliphatic rings. The van der Waals surface area contributed by atoms with Crippen LogP contribution in [0.25, 0.3) is 0 Å². The zero-order valence-electron chi connectivity index (χ0n) is 12.7. The third-order valence-electron chi connectivity index (χ3n) is 3.22. The summed E-state index contributed by atoms with van der Waals surface area (Å²) in [6.07, 6.45) is 0.529. The van der Waals surface area contributed by atoms with Crippen LogP contribution in [0.3, 0.4) is 0 Å². The predicted octanol–water partition coefficient (Wildman–Crippen LogP) is 3.54. The maximum Gasteiger partial charge on any atom is 0.252 e. The first-order valence-corrected chi connectivity index (χ1v) is 8.94. The summed E-state index contributed by atoms with van der Waals surface area (Å²) in [6, 6.07) is 12.4. The number of benzene rings is 2. The van der Waals surface area contributed by atoms with Gasteiger partial charge in [-0.2, -0.15) is 0 Å². The average molecular weight is 383 g/mol. The second-order valence-electron chi connectivity index (χ2n) is 4.96. The fourth-order valence-corrected chi connectivity index (χ4v) is 3.47. The van der Waals surface area contributed by atoms with Crippen LogP contribution in [0.1, 0.15) is 15.9 Å². The Hall–Kier alpha value is -1.69. The van der Waals surface area contributed by atoms with E-state index >= 15 is 0 Å². The summed E-state index contributed by atoms with van der Waals surface area (Å²) in [5.74, 6) is -0.520. The minimum absolute atomic E-state index is 0.125. The third-order valence-corrected chi connectivity index (χ3v) is 5.03. The van der Waals surface area contributed by atoms with Crippen molar-refractivity contribution in [3.63, 3.8) is 0 Å². The molecule has 2 aromatic carbocycles. The number of hydrogen-bond acceptors (Lipinski definition) is 3. The fourth-order valence-electron chi connectivity index (χ4n) is 2.10. The zero-order valence-corrected chi connectivity index (χ0v) is 15.0. The summed E-state index contributed by atoms with van der Waals surface area (Å²) in [7, 11) is 0. The van der Waals surface area contributed by atoms with Gasteiger partial charge in [-0.05, 0) is 36.2 Å². The lowest BCUT2D eigenvalue weighted by molar-refractivity contribution is -0.115. The molecule has 0 spiro atoms. The third kappa shape index (κ3) is 5.16. The minimum Gasteiger partial charge on any atom is -0.369 e. The van der Waals surface area contributed by atoms with Gasteiger partial charge in [0.2, 0.25) is 5.91 Å². The van der Waals surface area contributed by atoms with Crippen LogP contribution in [0.15, 0.2) is 47.4 Å². The van der Waals surface area contributed by atoms with Crippen LogP contribution in [0.4, 0.5) is 0 Å². The molecule has 0 unspecified atom stereocenters. The maximum atomic E-state index is 12.4. The Kier molecular flexibility index (Phi) is 6.97. The van der Waals surface area contributed by atoms with E-state index in [0.717, 1.165) is 5.56 Å².